The lowest BCUT2D eigenvalue weighted by Crippen LogP contribution is -2.49. The molecule has 0 aliphatic carbocycles. The van der Waals surface area contributed by atoms with Gasteiger partial charge < -0.3 is 15.1 Å². The van der Waals surface area contributed by atoms with Crippen molar-refractivity contribution in [3.63, 3.8) is 0 Å². The van der Waals surface area contributed by atoms with Crippen LogP contribution in [0.1, 0.15) is 39.8 Å². The summed E-state index contributed by atoms with van der Waals surface area (Å²) in [6.45, 7) is 3.73. The SMILES string of the molecule is CC(=O)c1cnc(N2CCN(C(=O)c3cc4c(cc3Cl)NC(=O)CC4)CC2)cn1. The van der Waals surface area contributed by atoms with Crippen LogP contribution in [0, 0.1) is 0 Å². The largest absolute Gasteiger partial charge is 0.352 e. The maximum absolute atomic E-state index is 13.0. The fraction of sp³-hybridized carbons (Fsp3) is 0.350. The van der Waals surface area contributed by atoms with E-state index in [4.69, 9.17) is 11.6 Å². The molecule has 150 valence electrons. The van der Waals surface area contributed by atoms with Crippen molar-refractivity contribution in [2.75, 3.05) is 36.4 Å². The molecule has 1 aromatic heterocycles. The predicted molar refractivity (Wildman–Crippen MR) is 109 cm³/mol. The number of halogens is 1. The van der Waals surface area contributed by atoms with Crippen molar-refractivity contribution < 1.29 is 14.4 Å². The Morgan fingerprint density at radius 2 is 1.83 bits per heavy atom. The number of piperazine rings is 1. The minimum Gasteiger partial charge on any atom is -0.352 e. The highest BCUT2D eigenvalue weighted by Crippen LogP contribution is 2.30. The van der Waals surface area contributed by atoms with Crippen molar-refractivity contribution in [3.05, 3.63) is 46.4 Å². The van der Waals surface area contributed by atoms with Crippen LogP contribution in [-0.4, -0.2) is 58.6 Å². The maximum Gasteiger partial charge on any atom is 0.255 e. The van der Waals surface area contributed by atoms with Gasteiger partial charge in [0, 0.05) is 45.2 Å². The van der Waals surface area contributed by atoms with E-state index < -0.39 is 0 Å². The molecule has 1 fully saturated rings. The number of ketones is 1. The Hall–Kier alpha value is -3.00. The molecule has 1 N–H and O–H groups in total. The van der Waals surface area contributed by atoms with Gasteiger partial charge in [-0.25, -0.2) is 9.97 Å². The second-order valence-corrected chi connectivity index (χ2v) is 7.54. The molecule has 9 heteroatoms. The molecule has 0 bridgehead atoms. The van der Waals surface area contributed by atoms with Crippen LogP contribution in [0.25, 0.3) is 0 Å². The summed E-state index contributed by atoms with van der Waals surface area (Å²) in [6, 6.07) is 3.45. The van der Waals surface area contributed by atoms with E-state index in [1.54, 1.807) is 23.2 Å². The Morgan fingerprint density at radius 3 is 2.48 bits per heavy atom. The number of fused-ring (bicyclic) bond motifs is 1. The van der Waals surface area contributed by atoms with Crippen molar-refractivity contribution in [3.8, 4) is 0 Å². The summed E-state index contributed by atoms with van der Waals surface area (Å²) >= 11 is 6.33. The van der Waals surface area contributed by atoms with E-state index >= 15 is 0 Å². The van der Waals surface area contributed by atoms with Crippen LogP contribution in [0.2, 0.25) is 5.02 Å². The van der Waals surface area contributed by atoms with Gasteiger partial charge in [0.1, 0.15) is 11.5 Å². The number of amides is 2. The van der Waals surface area contributed by atoms with Gasteiger partial charge in [0.2, 0.25) is 5.91 Å². The van der Waals surface area contributed by atoms with Gasteiger partial charge >= 0.3 is 0 Å². The minimum absolute atomic E-state index is 0.0387. The number of carbonyl (C=O) groups excluding carboxylic acids is 3. The molecule has 0 unspecified atom stereocenters. The van der Waals surface area contributed by atoms with E-state index in [9.17, 15) is 14.4 Å². The summed E-state index contributed by atoms with van der Waals surface area (Å²) in [5.74, 6) is 0.404. The number of aromatic nitrogens is 2. The van der Waals surface area contributed by atoms with Crippen LogP contribution in [0.3, 0.4) is 0 Å². The lowest BCUT2D eigenvalue weighted by atomic mass is 9.99. The average Bonchev–Trinajstić information content (AvgIpc) is 2.73. The fourth-order valence-electron chi connectivity index (χ4n) is 3.54. The standard InChI is InChI=1S/C20H20ClN5O3/c1-12(27)17-10-23-18(11-22-17)25-4-6-26(7-5-25)20(29)14-8-13-2-3-19(28)24-16(13)9-15(14)21/h8-11H,2-7H2,1H3,(H,24,28). The Balaban J connectivity index is 1.44. The summed E-state index contributed by atoms with van der Waals surface area (Å²) in [4.78, 5) is 48.1. The number of rotatable bonds is 3. The number of carbonyl (C=O) groups is 3. The number of hydrogen-bond acceptors (Lipinski definition) is 6. The molecule has 29 heavy (non-hydrogen) atoms. The van der Waals surface area contributed by atoms with Gasteiger partial charge in [-0.15, -0.1) is 0 Å². The lowest BCUT2D eigenvalue weighted by molar-refractivity contribution is -0.116. The molecule has 8 nitrogen and oxygen atoms in total. The number of benzene rings is 1. The highest BCUT2D eigenvalue weighted by Gasteiger charge is 2.26. The molecule has 1 saturated heterocycles. The normalized spacial score (nSPS) is 16.3. The number of nitrogens with one attached hydrogen (secondary N) is 1. The van der Waals surface area contributed by atoms with Crippen LogP contribution in [0.5, 0.6) is 0 Å². The Morgan fingerprint density at radius 1 is 1.07 bits per heavy atom. The lowest BCUT2D eigenvalue weighted by Gasteiger charge is -2.35. The van der Waals surface area contributed by atoms with Gasteiger partial charge in [-0.3, -0.25) is 14.4 Å². The first-order valence-corrected chi connectivity index (χ1v) is 9.79. The van der Waals surface area contributed by atoms with Crippen molar-refractivity contribution in [1.82, 2.24) is 14.9 Å². The van der Waals surface area contributed by atoms with Crippen LogP contribution in [0.15, 0.2) is 24.5 Å². The molecule has 4 rings (SSSR count). The summed E-state index contributed by atoms with van der Waals surface area (Å²) in [7, 11) is 0. The highest BCUT2D eigenvalue weighted by atomic mass is 35.5. The third-order valence-electron chi connectivity index (χ3n) is 5.21. The number of anilines is 2. The Kier molecular flexibility index (Phi) is 5.19. The molecular weight excluding hydrogens is 394 g/mol. The molecule has 2 aromatic rings. The van der Waals surface area contributed by atoms with Crippen molar-refractivity contribution in [2.45, 2.75) is 19.8 Å². The van der Waals surface area contributed by atoms with E-state index in [-0.39, 0.29) is 17.6 Å². The quantitative estimate of drug-likeness (QED) is 0.775. The van der Waals surface area contributed by atoms with E-state index in [0.29, 0.717) is 66.8 Å². The van der Waals surface area contributed by atoms with Gasteiger partial charge in [-0.05, 0) is 24.1 Å². The zero-order valence-corrected chi connectivity index (χ0v) is 16.7. The van der Waals surface area contributed by atoms with Crippen LogP contribution in [0.4, 0.5) is 11.5 Å². The number of nitrogens with zero attached hydrogens (tertiary/aromatic N) is 4. The fourth-order valence-corrected chi connectivity index (χ4v) is 3.79. The first-order valence-electron chi connectivity index (χ1n) is 9.42. The second kappa shape index (κ2) is 7.79. The topological polar surface area (TPSA) is 95.5 Å². The van der Waals surface area contributed by atoms with Crippen LogP contribution >= 0.6 is 11.6 Å². The Labute approximate surface area is 172 Å². The molecule has 2 amide bonds. The van der Waals surface area contributed by atoms with E-state index in [1.807, 2.05) is 4.90 Å². The van der Waals surface area contributed by atoms with Crippen molar-refractivity contribution >= 4 is 40.7 Å². The first-order chi connectivity index (χ1) is 13.9. The van der Waals surface area contributed by atoms with E-state index in [1.165, 1.54) is 13.1 Å². The third-order valence-corrected chi connectivity index (χ3v) is 5.52. The van der Waals surface area contributed by atoms with Gasteiger partial charge in [-0.1, -0.05) is 11.6 Å². The van der Waals surface area contributed by atoms with Crippen LogP contribution in [-0.2, 0) is 11.2 Å². The molecule has 3 heterocycles. The monoisotopic (exact) mass is 413 g/mol. The summed E-state index contributed by atoms with van der Waals surface area (Å²) < 4.78 is 0. The smallest absolute Gasteiger partial charge is 0.255 e. The zero-order valence-electron chi connectivity index (χ0n) is 15.9. The first kappa shape index (κ1) is 19.3. The Bertz CT molecular complexity index is 984. The van der Waals surface area contributed by atoms with Crippen molar-refractivity contribution in [1.29, 1.82) is 0 Å². The van der Waals surface area contributed by atoms with Gasteiger partial charge in [0.25, 0.3) is 5.91 Å². The second-order valence-electron chi connectivity index (χ2n) is 7.13. The number of Topliss-reactive ketones (excluding diaryl/α,β-unsaturated/α-hetero) is 1. The zero-order chi connectivity index (χ0) is 20.5. The number of hydrogen-bond donors (Lipinski definition) is 1. The maximum atomic E-state index is 13.0. The molecule has 0 radical (unpaired) electrons. The minimum atomic E-state index is -0.124. The highest BCUT2D eigenvalue weighted by molar-refractivity contribution is 6.34. The van der Waals surface area contributed by atoms with E-state index in [0.717, 1.165) is 5.56 Å². The van der Waals surface area contributed by atoms with E-state index in [2.05, 4.69) is 15.3 Å². The molecule has 0 spiro atoms. The summed E-state index contributed by atoms with van der Waals surface area (Å²) in [5, 5.41) is 3.13. The third kappa shape index (κ3) is 3.93. The molecule has 2 aliphatic rings. The summed E-state index contributed by atoms with van der Waals surface area (Å²) in [6.07, 6.45) is 4.06. The molecule has 0 saturated carbocycles. The molecule has 1 aromatic carbocycles. The molecule has 2 aliphatic heterocycles. The van der Waals surface area contributed by atoms with Crippen LogP contribution < -0.4 is 10.2 Å². The summed E-state index contributed by atoms with van der Waals surface area (Å²) in [5.41, 5.74) is 2.40. The van der Waals surface area contributed by atoms with Gasteiger partial charge in [-0.2, -0.15) is 0 Å². The molecule has 0 atom stereocenters. The average molecular weight is 414 g/mol. The number of aryl methyl sites for hydroxylation is 1. The van der Waals surface area contributed by atoms with Crippen molar-refractivity contribution in [2.24, 2.45) is 0 Å². The van der Waals surface area contributed by atoms with Gasteiger partial charge in [0.15, 0.2) is 5.78 Å². The molecular formula is C20H20ClN5O3. The predicted octanol–water partition coefficient (Wildman–Crippen LogP) is 2.18. The van der Waals surface area contributed by atoms with Gasteiger partial charge in [0.05, 0.1) is 23.0 Å².